The van der Waals surface area contributed by atoms with E-state index in [9.17, 15) is 4.79 Å². The number of guanidine groups is 1. The topological polar surface area (TPSA) is 87.0 Å². The van der Waals surface area contributed by atoms with E-state index in [1.807, 2.05) is 18.7 Å². The molecule has 2 rings (SSSR count). The van der Waals surface area contributed by atoms with Gasteiger partial charge in [0.15, 0.2) is 5.96 Å². The zero-order valence-electron chi connectivity index (χ0n) is 18.8. The minimum atomic E-state index is -0.0223. The third-order valence-electron chi connectivity index (χ3n) is 5.25. The van der Waals surface area contributed by atoms with Gasteiger partial charge < -0.3 is 20.3 Å². The molecule has 1 aliphatic rings. The highest BCUT2D eigenvalue weighted by atomic mass is 16.5. The Labute approximate surface area is 174 Å². The number of morpholine rings is 1. The molecule has 1 aromatic heterocycles. The predicted molar refractivity (Wildman–Crippen MR) is 115 cm³/mol. The summed E-state index contributed by atoms with van der Waals surface area (Å²) in [7, 11) is 5.46. The Morgan fingerprint density at radius 1 is 1.31 bits per heavy atom. The highest BCUT2D eigenvalue weighted by molar-refractivity contribution is 5.84. The maximum atomic E-state index is 12.0. The Hall–Kier alpha value is -2.13. The van der Waals surface area contributed by atoms with Crippen molar-refractivity contribution in [2.45, 2.75) is 33.2 Å². The van der Waals surface area contributed by atoms with Crippen LogP contribution in [0.1, 0.15) is 23.9 Å². The molecule has 0 saturated carbocycles. The second-order valence-electron chi connectivity index (χ2n) is 7.86. The lowest BCUT2D eigenvalue weighted by atomic mass is 10.1. The molecule has 1 aromatic rings. The molecule has 1 unspecified atom stereocenters. The number of nitrogens with zero attached hydrogens (tertiary/aromatic N) is 5. The molecule has 9 heteroatoms. The largest absolute Gasteiger partial charge is 0.379 e. The van der Waals surface area contributed by atoms with E-state index in [1.54, 1.807) is 19.0 Å². The smallest absolute Gasteiger partial charge is 0.243 e. The fourth-order valence-electron chi connectivity index (χ4n) is 3.30. The van der Waals surface area contributed by atoms with Crippen LogP contribution in [-0.2, 0) is 23.0 Å². The van der Waals surface area contributed by atoms with Gasteiger partial charge in [-0.1, -0.05) is 0 Å². The van der Waals surface area contributed by atoms with Crippen LogP contribution in [0.3, 0.4) is 0 Å². The van der Waals surface area contributed by atoms with Crippen molar-refractivity contribution in [3.63, 3.8) is 0 Å². The van der Waals surface area contributed by atoms with Gasteiger partial charge in [0.2, 0.25) is 5.91 Å². The van der Waals surface area contributed by atoms with E-state index in [0.29, 0.717) is 5.96 Å². The number of aromatic nitrogens is 2. The van der Waals surface area contributed by atoms with E-state index in [0.717, 1.165) is 51.5 Å². The van der Waals surface area contributed by atoms with Crippen LogP contribution >= 0.6 is 0 Å². The van der Waals surface area contributed by atoms with E-state index < -0.39 is 0 Å². The highest BCUT2D eigenvalue weighted by Gasteiger charge is 2.15. The normalized spacial score (nSPS) is 16.6. The second kappa shape index (κ2) is 11.2. The fraction of sp³-hybridized carbons (Fsp3) is 0.750. The summed E-state index contributed by atoms with van der Waals surface area (Å²) in [5.74, 6) is 0.644. The van der Waals surface area contributed by atoms with Gasteiger partial charge in [0, 0.05) is 59.1 Å². The van der Waals surface area contributed by atoms with Crippen LogP contribution in [0.25, 0.3) is 0 Å². The molecule has 2 N–H and O–H groups in total. The number of nitrogens with one attached hydrogen (secondary N) is 2. The molecular weight excluding hydrogens is 370 g/mol. The summed E-state index contributed by atoms with van der Waals surface area (Å²) in [5.41, 5.74) is 3.49. The zero-order valence-corrected chi connectivity index (χ0v) is 18.8. The van der Waals surface area contributed by atoms with Crippen LogP contribution in [0.15, 0.2) is 4.99 Å². The van der Waals surface area contributed by atoms with Gasteiger partial charge in [-0.25, -0.2) is 4.99 Å². The number of aryl methyl sites for hydroxylation is 2. The molecule has 0 aliphatic carbocycles. The van der Waals surface area contributed by atoms with E-state index in [2.05, 4.69) is 39.5 Å². The predicted octanol–water partition coefficient (Wildman–Crippen LogP) is -0.0765. The highest BCUT2D eigenvalue weighted by Crippen LogP contribution is 2.14. The number of aliphatic imine (C=N–C) groups is 1. The Morgan fingerprint density at radius 2 is 2.00 bits per heavy atom. The molecule has 9 nitrogen and oxygen atoms in total. The summed E-state index contributed by atoms with van der Waals surface area (Å²) in [6, 6.07) is 0.153. The lowest BCUT2D eigenvalue weighted by Gasteiger charge is -2.27. The van der Waals surface area contributed by atoms with Gasteiger partial charge in [0.25, 0.3) is 0 Å². The third-order valence-corrected chi connectivity index (χ3v) is 5.25. The average molecular weight is 408 g/mol. The first-order valence-electron chi connectivity index (χ1n) is 10.3. The number of hydrogen-bond acceptors (Lipinski definition) is 5. The van der Waals surface area contributed by atoms with Crippen molar-refractivity contribution in [3.05, 3.63) is 17.0 Å². The molecular formula is C20H37N7O2. The zero-order chi connectivity index (χ0) is 21.4. The van der Waals surface area contributed by atoms with E-state index >= 15 is 0 Å². The molecule has 0 radical (unpaired) electrons. The minimum absolute atomic E-state index is 0.0223. The molecule has 1 atom stereocenters. The quantitative estimate of drug-likeness (QED) is 0.463. The molecule has 1 amide bonds. The number of carbonyl (C=O) groups excluding carboxylic acids is 1. The van der Waals surface area contributed by atoms with Crippen LogP contribution in [0, 0.1) is 13.8 Å². The molecule has 29 heavy (non-hydrogen) atoms. The van der Waals surface area contributed by atoms with E-state index in [4.69, 9.17) is 4.74 Å². The first-order valence-corrected chi connectivity index (χ1v) is 10.3. The molecule has 0 bridgehead atoms. The standard InChI is InChI=1S/C20H37N7O2/c1-15(13-18-16(2)24-26(6)17(18)3)23-20(22-14-19(28)25(4)5)21-7-8-27-9-11-29-12-10-27/h15H,7-14H2,1-6H3,(H2,21,22,23). The average Bonchev–Trinajstić information content (AvgIpc) is 2.92. The lowest BCUT2D eigenvalue weighted by Crippen LogP contribution is -2.47. The molecule has 0 spiro atoms. The Morgan fingerprint density at radius 3 is 2.59 bits per heavy atom. The maximum absolute atomic E-state index is 12.0. The second-order valence-corrected chi connectivity index (χ2v) is 7.86. The minimum Gasteiger partial charge on any atom is -0.379 e. The van der Waals surface area contributed by atoms with Gasteiger partial charge in [-0.15, -0.1) is 0 Å². The van der Waals surface area contributed by atoms with Gasteiger partial charge in [-0.3, -0.25) is 14.4 Å². The van der Waals surface area contributed by atoms with Crippen LogP contribution in [-0.4, -0.2) is 97.5 Å². The Balaban J connectivity index is 1.95. The van der Waals surface area contributed by atoms with Gasteiger partial charge in [0.05, 0.1) is 18.9 Å². The molecule has 1 aliphatic heterocycles. The number of likely N-dealkylation sites (N-methyl/N-ethyl adjacent to an activating group) is 1. The summed E-state index contributed by atoms with van der Waals surface area (Å²) < 4.78 is 7.32. The number of hydrogen-bond donors (Lipinski definition) is 2. The summed E-state index contributed by atoms with van der Waals surface area (Å²) in [4.78, 5) is 20.4. The van der Waals surface area contributed by atoms with Gasteiger partial charge in [-0.2, -0.15) is 5.10 Å². The van der Waals surface area contributed by atoms with Gasteiger partial charge in [0.1, 0.15) is 6.54 Å². The third kappa shape index (κ3) is 7.32. The van der Waals surface area contributed by atoms with E-state index in [1.165, 1.54) is 11.3 Å². The summed E-state index contributed by atoms with van der Waals surface area (Å²) in [6.45, 7) is 11.5. The van der Waals surface area contributed by atoms with Crippen molar-refractivity contribution in [3.8, 4) is 0 Å². The fourth-order valence-corrected chi connectivity index (χ4v) is 3.30. The SMILES string of the molecule is Cc1nn(C)c(C)c1CC(C)NC(=NCC(=O)N(C)C)NCCN1CCOCC1. The number of carbonyl (C=O) groups is 1. The number of ether oxygens (including phenoxy) is 1. The Kier molecular flexibility index (Phi) is 8.91. The first-order chi connectivity index (χ1) is 13.8. The van der Waals surface area contributed by atoms with Crippen molar-refractivity contribution < 1.29 is 9.53 Å². The molecule has 164 valence electrons. The number of rotatable bonds is 8. The van der Waals surface area contributed by atoms with Crippen LogP contribution in [0.5, 0.6) is 0 Å². The lowest BCUT2D eigenvalue weighted by molar-refractivity contribution is -0.127. The maximum Gasteiger partial charge on any atom is 0.243 e. The van der Waals surface area contributed by atoms with Crippen molar-refractivity contribution in [1.82, 2.24) is 30.2 Å². The number of amides is 1. The van der Waals surface area contributed by atoms with Crippen molar-refractivity contribution in [2.24, 2.45) is 12.0 Å². The van der Waals surface area contributed by atoms with Crippen molar-refractivity contribution >= 4 is 11.9 Å². The monoisotopic (exact) mass is 407 g/mol. The van der Waals surface area contributed by atoms with E-state index in [-0.39, 0.29) is 18.5 Å². The summed E-state index contributed by atoms with van der Waals surface area (Å²) in [6.07, 6.45) is 0.845. The van der Waals surface area contributed by atoms with Crippen LogP contribution in [0.4, 0.5) is 0 Å². The van der Waals surface area contributed by atoms with Gasteiger partial charge >= 0.3 is 0 Å². The summed E-state index contributed by atoms with van der Waals surface area (Å²) >= 11 is 0. The first kappa shape index (κ1) is 23.2. The Bertz CT molecular complexity index is 693. The van der Waals surface area contributed by atoms with Gasteiger partial charge in [-0.05, 0) is 32.8 Å². The summed E-state index contributed by atoms with van der Waals surface area (Å²) in [5, 5.41) is 11.3. The van der Waals surface area contributed by atoms with Crippen LogP contribution < -0.4 is 10.6 Å². The molecule has 0 aromatic carbocycles. The molecule has 1 saturated heterocycles. The molecule has 2 heterocycles. The van der Waals surface area contributed by atoms with Crippen LogP contribution in [0.2, 0.25) is 0 Å². The molecule has 1 fully saturated rings. The van der Waals surface area contributed by atoms with Crippen molar-refractivity contribution in [2.75, 3.05) is 60.0 Å². The van der Waals surface area contributed by atoms with Crippen molar-refractivity contribution in [1.29, 1.82) is 0 Å².